The molecule has 1 spiro atoms. The molecule has 1 aliphatic carbocycles. The highest BCUT2D eigenvalue weighted by Crippen LogP contribution is 2.46. The number of ether oxygens (including phenoxy) is 2. The molecule has 4 aliphatic rings. The van der Waals surface area contributed by atoms with E-state index in [4.69, 9.17) is 9.47 Å². The van der Waals surface area contributed by atoms with Gasteiger partial charge >= 0.3 is 0 Å². The zero-order valence-corrected chi connectivity index (χ0v) is 18.1. The smallest absolute Gasteiger partial charge is 0.220 e. The molecule has 2 saturated heterocycles. The van der Waals surface area contributed by atoms with E-state index < -0.39 is 0 Å². The molecule has 5 rings (SSSR count). The van der Waals surface area contributed by atoms with Gasteiger partial charge < -0.3 is 19.7 Å². The topological polar surface area (TPSA) is 50.8 Å². The van der Waals surface area contributed by atoms with Crippen molar-refractivity contribution in [2.45, 2.75) is 75.3 Å². The standard InChI is InChI=1S/C25H36N2O3/c28-24(26-21-4-3-5-21)16-20-17-25(30-23-7-2-1-6-22(20)23)10-12-27(13-11-25)18-19-8-14-29-15-9-19/h1-2,6-7,19-21H,3-5,8-18H2,(H,26,28)/t20-/m0/s1. The summed E-state index contributed by atoms with van der Waals surface area (Å²) in [5.41, 5.74) is 1.11. The number of para-hydroxylation sites is 1. The molecule has 1 saturated carbocycles. The van der Waals surface area contributed by atoms with E-state index in [1.165, 1.54) is 31.4 Å². The molecule has 0 bridgehead atoms. The first kappa shape index (κ1) is 20.3. The summed E-state index contributed by atoms with van der Waals surface area (Å²) in [7, 11) is 0. The van der Waals surface area contributed by atoms with Crippen molar-refractivity contribution in [3.05, 3.63) is 29.8 Å². The van der Waals surface area contributed by atoms with Gasteiger partial charge in [0.2, 0.25) is 5.91 Å². The third-order valence-electron chi connectivity index (χ3n) is 7.83. The summed E-state index contributed by atoms with van der Waals surface area (Å²) in [6.45, 7) is 5.24. The molecule has 5 nitrogen and oxygen atoms in total. The summed E-state index contributed by atoms with van der Waals surface area (Å²) >= 11 is 0. The van der Waals surface area contributed by atoms with E-state index in [-0.39, 0.29) is 17.4 Å². The summed E-state index contributed by atoms with van der Waals surface area (Å²) in [4.78, 5) is 15.3. The Labute approximate surface area is 180 Å². The van der Waals surface area contributed by atoms with Gasteiger partial charge in [-0.15, -0.1) is 0 Å². The average molecular weight is 413 g/mol. The van der Waals surface area contributed by atoms with Gasteiger partial charge in [-0.3, -0.25) is 4.79 Å². The lowest BCUT2D eigenvalue weighted by atomic mass is 9.76. The SMILES string of the molecule is O=C(C[C@H]1CC2(CCN(CC3CCOCC3)CC2)Oc2ccccc21)NC1CCC1. The monoisotopic (exact) mass is 412 g/mol. The number of hydrogen-bond acceptors (Lipinski definition) is 4. The van der Waals surface area contributed by atoms with Gasteiger partial charge in [-0.1, -0.05) is 18.2 Å². The Morgan fingerprint density at radius 1 is 1.10 bits per heavy atom. The number of fused-ring (bicyclic) bond motifs is 1. The van der Waals surface area contributed by atoms with Crippen molar-refractivity contribution < 1.29 is 14.3 Å². The molecule has 5 heteroatoms. The third-order valence-corrected chi connectivity index (χ3v) is 7.83. The first-order valence-electron chi connectivity index (χ1n) is 12.1. The second-order valence-electron chi connectivity index (χ2n) is 9.98. The van der Waals surface area contributed by atoms with Crippen LogP contribution < -0.4 is 10.1 Å². The maximum Gasteiger partial charge on any atom is 0.220 e. The van der Waals surface area contributed by atoms with Crippen molar-refractivity contribution in [3.8, 4) is 5.75 Å². The minimum absolute atomic E-state index is 0.109. The fourth-order valence-corrected chi connectivity index (χ4v) is 5.73. The van der Waals surface area contributed by atoms with E-state index in [0.717, 1.165) is 70.1 Å². The van der Waals surface area contributed by atoms with Gasteiger partial charge in [-0.05, 0) is 68.9 Å². The minimum Gasteiger partial charge on any atom is -0.487 e. The second kappa shape index (κ2) is 8.88. The molecule has 0 unspecified atom stereocenters. The second-order valence-corrected chi connectivity index (χ2v) is 9.98. The summed E-state index contributed by atoms with van der Waals surface area (Å²) in [6, 6.07) is 8.80. The van der Waals surface area contributed by atoms with Crippen LogP contribution in [0.25, 0.3) is 0 Å². The quantitative estimate of drug-likeness (QED) is 0.798. The van der Waals surface area contributed by atoms with E-state index in [9.17, 15) is 4.79 Å². The lowest BCUT2D eigenvalue weighted by Gasteiger charge is -2.47. The number of nitrogens with one attached hydrogen (secondary N) is 1. The predicted octanol–water partition coefficient (Wildman–Crippen LogP) is 3.87. The van der Waals surface area contributed by atoms with Crippen LogP contribution in [0.5, 0.6) is 5.75 Å². The number of hydrogen-bond donors (Lipinski definition) is 1. The van der Waals surface area contributed by atoms with Crippen molar-refractivity contribution >= 4 is 5.91 Å². The van der Waals surface area contributed by atoms with Crippen molar-refractivity contribution in [1.29, 1.82) is 0 Å². The Hall–Kier alpha value is -1.59. The van der Waals surface area contributed by atoms with Crippen molar-refractivity contribution in [1.82, 2.24) is 10.2 Å². The van der Waals surface area contributed by atoms with Crippen LogP contribution in [0.3, 0.4) is 0 Å². The zero-order valence-electron chi connectivity index (χ0n) is 18.1. The van der Waals surface area contributed by atoms with Gasteiger partial charge in [0.1, 0.15) is 11.4 Å². The third kappa shape index (κ3) is 4.52. The molecular weight excluding hydrogens is 376 g/mol. The summed E-state index contributed by atoms with van der Waals surface area (Å²) in [5.74, 6) is 2.26. The highest BCUT2D eigenvalue weighted by molar-refractivity contribution is 5.77. The van der Waals surface area contributed by atoms with Gasteiger partial charge in [0.25, 0.3) is 0 Å². The van der Waals surface area contributed by atoms with Crippen LogP contribution in [0.4, 0.5) is 0 Å². The van der Waals surface area contributed by atoms with Crippen molar-refractivity contribution in [2.24, 2.45) is 5.92 Å². The molecule has 3 aliphatic heterocycles. The fourth-order valence-electron chi connectivity index (χ4n) is 5.73. The largest absolute Gasteiger partial charge is 0.487 e. The molecule has 1 aromatic rings. The van der Waals surface area contributed by atoms with Gasteiger partial charge in [0.15, 0.2) is 0 Å². The maximum absolute atomic E-state index is 12.7. The first-order chi connectivity index (χ1) is 14.7. The molecule has 30 heavy (non-hydrogen) atoms. The van der Waals surface area contributed by atoms with E-state index in [2.05, 4.69) is 34.5 Å². The molecule has 1 N–H and O–H groups in total. The molecule has 164 valence electrons. The lowest BCUT2D eigenvalue weighted by Crippen LogP contribution is -2.51. The van der Waals surface area contributed by atoms with Crippen LogP contribution in [0.1, 0.15) is 69.3 Å². The Morgan fingerprint density at radius 3 is 2.60 bits per heavy atom. The van der Waals surface area contributed by atoms with Crippen molar-refractivity contribution in [3.63, 3.8) is 0 Å². The molecule has 1 atom stereocenters. The summed E-state index contributed by atoms with van der Waals surface area (Å²) in [6.07, 6.45) is 9.60. The van der Waals surface area contributed by atoms with Crippen LogP contribution in [0, 0.1) is 5.92 Å². The number of benzene rings is 1. The van der Waals surface area contributed by atoms with Gasteiger partial charge in [0.05, 0.1) is 0 Å². The minimum atomic E-state index is -0.109. The highest BCUT2D eigenvalue weighted by Gasteiger charge is 2.44. The number of carbonyl (C=O) groups is 1. The summed E-state index contributed by atoms with van der Waals surface area (Å²) < 4.78 is 12.2. The number of amides is 1. The fraction of sp³-hybridized carbons (Fsp3) is 0.720. The molecule has 1 amide bonds. The van der Waals surface area contributed by atoms with E-state index >= 15 is 0 Å². The number of rotatable bonds is 5. The normalized spacial score (nSPS) is 27.1. The Morgan fingerprint density at radius 2 is 1.87 bits per heavy atom. The van der Waals surface area contributed by atoms with Crippen LogP contribution >= 0.6 is 0 Å². The highest BCUT2D eigenvalue weighted by atomic mass is 16.5. The van der Waals surface area contributed by atoms with E-state index in [0.29, 0.717) is 12.5 Å². The molecule has 0 aromatic heterocycles. The molecular formula is C25H36N2O3. The van der Waals surface area contributed by atoms with E-state index in [1.807, 2.05) is 0 Å². The number of likely N-dealkylation sites (tertiary alicyclic amines) is 1. The Balaban J connectivity index is 1.23. The molecule has 3 heterocycles. The number of carbonyl (C=O) groups excluding carboxylic acids is 1. The van der Waals surface area contributed by atoms with Gasteiger partial charge in [-0.25, -0.2) is 0 Å². The Kier molecular flexibility index (Phi) is 6.01. The molecule has 3 fully saturated rings. The molecule has 1 aromatic carbocycles. The van der Waals surface area contributed by atoms with E-state index in [1.54, 1.807) is 0 Å². The lowest BCUT2D eigenvalue weighted by molar-refractivity contribution is -0.123. The predicted molar refractivity (Wildman–Crippen MR) is 117 cm³/mol. The van der Waals surface area contributed by atoms with Gasteiger partial charge in [0, 0.05) is 51.2 Å². The van der Waals surface area contributed by atoms with Crippen LogP contribution in [-0.2, 0) is 9.53 Å². The van der Waals surface area contributed by atoms with Crippen molar-refractivity contribution in [2.75, 3.05) is 32.8 Å². The number of piperidine rings is 1. The molecule has 0 radical (unpaired) electrons. The maximum atomic E-state index is 12.7. The number of nitrogens with zero attached hydrogens (tertiary/aromatic N) is 1. The van der Waals surface area contributed by atoms with Gasteiger partial charge in [-0.2, -0.15) is 0 Å². The zero-order chi connectivity index (χ0) is 20.4. The van der Waals surface area contributed by atoms with Crippen LogP contribution in [0.15, 0.2) is 24.3 Å². The van der Waals surface area contributed by atoms with Crippen LogP contribution in [-0.4, -0.2) is 55.3 Å². The average Bonchev–Trinajstić information content (AvgIpc) is 2.73. The van der Waals surface area contributed by atoms with Crippen LogP contribution in [0.2, 0.25) is 0 Å². The Bertz CT molecular complexity index is 734. The summed E-state index contributed by atoms with van der Waals surface area (Å²) in [5, 5.41) is 3.24. The first-order valence-corrected chi connectivity index (χ1v) is 12.1.